The van der Waals surface area contributed by atoms with Crippen molar-refractivity contribution in [3.05, 3.63) is 47.4 Å². The Morgan fingerprint density at radius 3 is 2.61 bits per heavy atom. The van der Waals surface area contributed by atoms with Gasteiger partial charge < -0.3 is 15.0 Å². The van der Waals surface area contributed by atoms with Crippen LogP contribution in [0.4, 0.5) is 11.6 Å². The summed E-state index contributed by atoms with van der Waals surface area (Å²) in [5, 5.41) is 7.36. The number of carbonyl (C=O) groups excluding carboxylic acids is 1. The molecule has 1 N–H and O–H groups in total. The minimum absolute atomic E-state index is 0.364. The van der Waals surface area contributed by atoms with E-state index in [0.29, 0.717) is 11.5 Å². The normalized spacial score (nSPS) is 16.6. The molecule has 0 bridgehead atoms. The Morgan fingerprint density at radius 1 is 1.30 bits per heavy atom. The lowest BCUT2D eigenvalue weighted by molar-refractivity contribution is -0.136. The molecule has 1 atom stereocenters. The zero-order chi connectivity index (χ0) is 16.6. The minimum atomic E-state index is -0.377. The average molecular weight is 313 g/mol. The fraction of sp³-hybridized carbons (Fsp3) is 0.312. The van der Waals surface area contributed by atoms with Crippen molar-refractivity contribution < 1.29 is 9.53 Å². The molecule has 1 aromatic carbocycles. The van der Waals surface area contributed by atoms with Gasteiger partial charge >= 0.3 is 5.97 Å². The van der Waals surface area contributed by atoms with Crippen molar-refractivity contribution >= 4 is 17.6 Å². The van der Waals surface area contributed by atoms with E-state index < -0.39 is 0 Å². The molecule has 0 unspecified atom stereocenters. The lowest BCUT2D eigenvalue weighted by atomic mass is 9.95. The van der Waals surface area contributed by atoms with E-state index in [2.05, 4.69) is 15.4 Å². The van der Waals surface area contributed by atoms with E-state index in [1.54, 1.807) is 4.68 Å². The molecule has 120 valence electrons. The molecule has 0 aliphatic carbocycles. The highest BCUT2D eigenvalue weighted by Gasteiger charge is 2.33. The van der Waals surface area contributed by atoms with Crippen LogP contribution in [0.3, 0.4) is 0 Å². The Bertz CT molecular complexity index is 761. The zero-order valence-electron chi connectivity index (χ0n) is 13.6. The van der Waals surface area contributed by atoms with Crippen LogP contribution in [0.15, 0.2) is 41.9 Å². The number of benzene rings is 1. The Kier molecular flexibility index (Phi) is 3.77. The maximum absolute atomic E-state index is 12.3. The number of rotatable bonds is 3. The molecule has 1 aromatic heterocycles. The molecule has 0 fully saturated rings. The standard InChI is InChI=1S/C16H19N5O2/c1-10-13(15(22)23-4)14(21-16(19-10)17-9-18-21)11-5-7-12(8-6-11)20(2)3/h5-9,14H,1-4H3,(H,17,18,19)/t14-/m1/s1. The summed E-state index contributed by atoms with van der Waals surface area (Å²) >= 11 is 0. The number of hydrogen-bond donors (Lipinski definition) is 1. The van der Waals surface area contributed by atoms with E-state index in [4.69, 9.17) is 4.74 Å². The third-order valence-electron chi connectivity index (χ3n) is 3.92. The van der Waals surface area contributed by atoms with E-state index >= 15 is 0 Å². The van der Waals surface area contributed by atoms with Crippen LogP contribution in [0.25, 0.3) is 0 Å². The van der Waals surface area contributed by atoms with Crippen molar-refractivity contribution in [1.29, 1.82) is 0 Å². The molecule has 7 nitrogen and oxygen atoms in total. The quantitative estimate of drug-likeness (QED) is 0.871. The zero-order valence-corrected chi connectivity index (χ0v) is 13.6. The average Bonchev–Trinajstić information content (AvgIpc) is 3.00. The second kappa shape index (κ2) is 5.75. The first-order chi connectivity index (χ1) is 11.0. The van der Waals surface area contributed by atoms with Gasteiger partial charge in [0.05, 0.1) is 12.7 Å². The second-order valence-electron chi connectivity index (χ2n) is 5.57. The number of fused-ring (bicyclic) bond motifs is 1. The topological polar surface area (TPSA) is 72.3 Å². The lowest BCUT2D eigenvalue weighted by Crippen LogP contribution is -2.29. The molecule has 23 heavy (non-hydrogen) atoms. The molecule has 2 heterocycles. The van der Waals surface area contributed by atoms with Crippen molar-refractivity contribution in [3.8, 4) is 0 Å². The van der Waals surface area contributed by atoms with Gasteiger partial charge in [0.25, 0.3) is 0 Å². The van der Waals surface area contributed by atoms with Crippen LogP contribution >= 0.6 is 0 Å². The summed E-state index contributed by atoms with van der Waals surface area (Å²) < 4.78 is 6.66. The van der Waals surface area contributed by atoms with Gasteiger partial charge in [0.2, 0.25) is 5.95 Å². The van der Waals surface area contributed by atoms with E-state index in [1.807, 2.05) is 50.2 Å². The summed E-state index contributed by atoms with van der Waals surface area (Å²) in [5.41, 5.74) is 3.28. The van der Waals surface area contributed by atoms with Crippen LogP contribution in [0.2, 0.25) is 0 Å². The summed E-state index contributed by atoms with van der Waals surface area (Å²) in [6.45, 7) is 1.84. The predicted molar refractivity (Wildman–Crippen MR) is 87.3 cm³/mol. The number of allylic oxidation sites excluding steroid dienone is 1. The van der Waals surface area contributed by atoms with Crippen LogP contribution in [-0.4, -0.2) is 41.9 Å². The number of aromatic nitrogens is 3. The monoisotopic (exact) mass is 313 g/mol. The molecule has 1 aliphatic rings. The maximum Gasteiger partial charge on any atom is 0.338 e. The fourth-order valence-electron chi connectivity index (χ4n) is 2.73. The van der Waals surface area contributed by atoms with Crippen molar-refractivity contribution in [1.82, 2.24) is 14.8 Å². The van der Waals surface area contributed by atoms with Gasteiger partial charge in [-0.2, -0.15) is 10.1 Å². The van der Waals surface area contributed by atoms with Crippen LogP contribution in [0.5, 0.6) is 0 Å². The van der Waals surface area contributed by atoms with Gasteiger partial charge in [-0.1, -0.05) is 12.1 Å². The largest absolute Gasteiger partial charge is 0.466 e. The predicted octanol–water partition coefficient (Wildman–Crippen LogP) is 1.81. The van der Waals surface area contributed by atoms with Crippen LogP contribution in [-0.2, 0) is 9.53 Å². The number of nitrogens with one attached hydrogen (secondary N) is 1. The first kappa shape index (κ1) is 15.1. The van der Waals surface area contributed by atoms with E-state index in [1.165, 1.54) is 13.4 Å². The highest BCUT2D eigenvalue weighted by atomic mass is 16.5. The van der Waals surface area contributed by atoms with Crippen LogP contribution < -0.4 is 10.2 Å². The van der Waals surface area contributed by atoms with Gasteiger partial charge in [-0.25, -0.2) is 9.48 Å². The number of ether oxygens (including phenoxy) is 1. The molecular formula is C16H19N5O2. The Hall–Kier alpha value is -2.83. The molecule has 0 spiro atoms. The van der Waals surface area contributed by atoms with Crippen molar-refractivity contribution in [3.63, 3.8) is 0 Å². The SMILES string of the molecule is COC(=O)C1=C(C)Nc2ncnn2[C@@H]1c1ccc(N(C)C)cc1. The Balaban J connectivity index is 2.11. The number of methoxy groups -OCH3 is 1. The third-order valence-corrected chi connectivity index (χ3v) is 3.92. The van der Waals surface area contributed by atoms with Gasteiger partial charge in [0.1, 0.15) is 12.4 Å². The minimum Gasteiger partial charge on any atom is -0.466 e. The Morgan fingerprint density at radius 2 is 2.00 bits per heavy atom. The van der Waals surface area contributed by atoms with Gasteiger partial charge in [-0.3, -0.25) is 0 Å². The number of hydrogen-bond acceptors (Lipinski definition) is 6. The maximum atomic E-state index is 12.3. The summed E-state index contributed by atoms with van der Waals surface area (Å²) in [4.78, 5) is 18.5. The van der Waals surface area contributed by atoms with E-state index in [-0.39, 0.29) is 12.0 Å². The van der Waals surface area contributed by atoms with Crippen molar-refractivity contribution in [2.75, 3.05) is 31.4 Å². The fourth-order valence-corrected chi connectivity index (χ4v) is 2.73. The Labute approximate surface area is 134 Å². The highest BCUT2D eigenvalue weighted by Crippen LogP contribution is 2.35. The second-order valence-corrected chi connectivity index (χ2v) is 5.57. The summed E-state index contributed by atoms with van der Waals surface area (Å²) in [5.74, 6) is 0.231. The molecule has 0 radical (unpaired) electrons. The van der Waals surface area contributed by atoms with Gasteiger partial charge in [0.15, 0.2) is 0 Å². The molecular weight excluding hydrogens is 294 g/mol. The number of anilines is 2. The molecule has 1 aliphatic heterocycles. The van der Waals surface area contributed by atoms with Gasteiger partial charge in [-0.15, -0.1) is 0 Å². The summed E-state index contributed by atoms with van der Waals surface area (Å²) in [6.07, 6.45) is 1.47. The summed E-state index contributed by atoms with van der Waals surface area (Å²) in [6, 6.07) is 7.65. The van der Waals surface area contributed by atoms with Crippen LogP contribution in [0, 0.1) is 0 Å². The first-order valence-corrected chi connectivity index (χ1v) is 7.26. The van der Waals surface area contributed by atoms with E-state index in [9.17, 15) is 4.79 Å². The number of carbonyl (C=O) groups is 1. The smallest absolute Gasteiger partial charge is 0.338 e. The molecule has 2 aromatic rings. The van der Waals surface area contributed by atoms with Crippen molar-refractivity contribution in [2.45, 2.75) is 13.0 Å². The van der Waals surface area contributed by atoms with Gasteiger partial charge in [-0.05, 0) is 24.6 Å². The summed E-state index contributed by atoms with van der Waals surface area (Å²) in [7, 11) is 5.35. The molecule has 3 rings (SSSR count). The third kappa shape index (κ3) is 2.54. The number of nitrogens with zero attached hydrogens (tertiary/aromatic N) is 4. The number of esters is 1. The van der Waals surface area contributed by atoms with E-state index in [0.717, 1.165) is 16.9 Å². The van der Waals surface area contributed by atoms with Gasteiger partial charge in [0, 0.05) is 25.5 Å². The first-order valence-electron chi connectivity index (χ1n) is 7.26. The molecule has 7 heteroatoms. The highest BCUT2D eigenvalue weighted by molar-refractivity contribution is 5.92. The van der Waals surface area contributed by atoms with Crippen LogP contribution in [0.1, 0.15) is 18.5 Å². The lowest BCUT2D eigenvalue weighted by Gasteiger charge is -2.28. The molecule has 0 saturated heterocycles. The van der Waals surface area contributed by atoms with Crippen molar-refractivity contribution in [2.24, 2.45) is 0 Å². The molecule has 0 saturated carbocycles. The molecule has 0 amide bonds.